The molecule has 8 bridgehead atoms. The van der Waals surface area contributed by atoms with Gasteiger partial charge in [-0.1, -0.05) is 66.7 Å². The molecule has 2 N–H and O–H groups in total. The molecular formula is C51H53NO2. The normalized spacial score (nSPS) is 31.7. The van der Waals surface area contributed by atoms with Crippen LogP contribution in [0.15, 0.2) is 91.0 Å². The average molecular weight is 712 g/mol. The van der Waals surface area contributed by atoms with Gasteiger partial charge in [0.2, 0.25) is 0 Å². The van der Waals surface area contributed by atoms with Crippen molar-refractivity contribution in [2.24, 2.45) is 35.5 Å². The Morgan fingerprint density at radius 1 is 0.463 bits per heavy atom. The monoisotopic (exact) mass is 711 g/mol. The fourth-order valence-corrected chi connectivity index (χ4v) is 14.5. The number of phenols is 2. The second-order valence-electron chi connectivity index (χ2n) is 19.2. The maximum Gasteiger partial charge on any atom is 0.127 e. The topological polar surface area (TPSA) is 53.4 Å². The molecule has 0 aliphatic heterocycles. The Hall–Kier alpha value is -4.37. The van der Waals surface area contributed by atoms with Crippen LogP contribution in [0.3, 0.4) is 0 Å². The number of nitrogens with zero attached hydrogens (tertiary/aromatic N) is 1. The van der Waals surface area contributed by atoms with Crippen LogP contribution in [0.1, 0.15) is 99.3 Å². The van der Waals surface area contributed by atoms with Crippen molar-refractivity contribution in [3.8, 4) is 56.3 Å². The van der Waals surface area contributed by atoms with E-state index in [2.05, 4.69) is 105 Å². The van der Waals surface area contributed by atoms with Crippen LogP contribution < -0.4 is 0 Å². The van der Waals surface area contributed by atoms with Crippen molar-refractivity contribution in [1.82, 2.24) is 4.98 Å². The lowest BCUT2D eigenvalue weighted by molar-refractivity contribution is -0.00598. The van der Waals surface area contributed by atoms with Crippen LogP contribution in [-0.4, -0.2) is 15.2 Å². The smallest absolute Gasteiger partial charge is 0.127 e. The van der Waals surface area contributed by atoms with E-state index < -0.39 is 0 Å². The molecule has 8 aliphatic rings. The van der Waals surface area contributed by atoms with Gasteiger partial charge in [-0.15, -0.1) is 0 Å². The number of phenolic OH excluding ortho intramolecular Hbond substituents is 2. The zero-order valence-corrected chi connectivity index (χ0v) is 32.0. The highest BCUT2D eigenvalue weighted by atomic mass is 16.3. The average Bonchev–Trinajstić information content (AvgIpc) is 3.15. The Bertz CT molecular complexity index is 2060. The van der Waals surface area contributed by atoms with E-state index in [1.807, 2.05) is 0 Å². The van der Waals surface area contributed by atoms with Gasteiger partial charge >= 0.3 is 0 Å². The molecule has 0 atom stereocenters. The van der Waals surface area contributed by atoms with Crippen molar-refractivity contribution in [2.45, 2.75) is 102 Å². The quantitative estimate of drug-likeness (QED) is 0.184. The van der Waals surface area contributed by atoms with E-state index >= 15 is 0 Å². The predicted molar refractivity (Wildman–Crippen MR) is 218 cm³/mol. The molecule has 13 rings (SSSR count). The molecule has 4 aromatic carbocycles. The summed E-state index contributed by atoms with van der Waals surface area (Å²) in [5.74, 6) is 5.43. The number of pyridine rings is 1. The summed E-state index contributed by atoms with van der Waals surface area (Å²) >= 11 is 0. The Labute approximate surface area is 320 Å². The van der Waals surface area contributed by atoms with E-state index in [0.717, 1.165) is 91.4 Å². The van der Waals surface area contributed by atoms with Crippen molar-refractivity contribution in [2.75, 3.05) is 0 Å². The lowest BCUT2D eigenvalue weighted by atomic mass is 9.47. The van der Waals surface area contributed by atoms with Gasteiger partial charge in [-0.25, -0.2) is 4.98 Å². The first-order valence-corrected chi connectivity index (χ1v) is 21.1. The van der Waals surface area contributed by atoms with Gasteiger partial charge in [0, 0.05) is 44.2 Å². The fraction of sp³-hybridized carbons (Fsp3) is 0.431. The summed E-state index contributed by atoms with van der Waals surface area (Å²) in [5, 5.41) is 25.3. The van der Waals surface area contributed by atoms with E-state index in [-0.39, 0.29) is 10.8 Å². The summed E-state index contributed by atoms with van der Waals surface area (Å²) in [5.41, 5.74) is 12.8. The van der Waals surface area contributed by atoms with Gasteiger partial charge in [-0.05, 0) is 173 Å². The molecule has 5 aromatic rings. The number of aromatic nitrogens is 1. The molecule has 0 radical (unpaired) electrons. The van der Waals surface area contributed by atoms with Crippen molar-refractivity contribution in [1.29, 1.82) is 0 Å². The molecule has 3 nitrogen and oxygen atoms in total. The summed E-state index contributed by atoms with van der Waals surface area (Å²) in [7, 11) is 0. The van der Waals surface area contributed by atoms with Crippen molar-refractivity contribution in [3.63, 3.8) is 0 Å². The number of rotatable bonds is 6. The minimum Gasteiger partial charge on any atom is -0.507 e. The minimum absolute atomic E-state index is 0.0305. The molecule has 0 amide bonds. The van der Waals surface area contributed by atoms with E-state index in [9.17, 15) is 10.2 Å². The van der Waals surface area contributed by atoms with E-state index in [0.29, 0.717) is 11.5 Å². The van der Waals surface area contributed by atoms with Gasteiger partial charge in [0.15, 0.2) is 0 Å². The first-order chi connectivity index (χ1) is 26.3. The van der Waals surface area contributed by atoms with Crippen LogP contribution in [0.25, 0.3) is 44.8 Å². The summed E-state index contributed by atoms with van der Waals surface area (Å²) in [4.78, 5) is 5.68. The minimum atomic E-state index is -0.0305. The standard InChI is InChI=1S/C51H53NO2/c1-30-16-40(38-10-5-3-6-11-38)48(53)46(50-24-32-18-33(25-50)20-34(19-32)26-50)44(30)42-14-9-15-43(52-42)45-31(2)17-41(39-12-7-4-8-13-39)49(54)47(45)51-27-35-21-36(28-51)23-37(22-35)29-51/h3-17,32-37,53-54H,18-29H2,1-2H3. The molecular weight excluding hydrogens is 659 g/mol. The van der Waals surface area contributed by atoms with Gasteiger partial charge < -0.3 is 10.2 Å². The first-order valence-electron chi connectivity index (χ1n) is 21.1. The lowest BCUT2D eigenvalue weighted by Crippen LogP contribution is -2.49. The summed E-state index contributed by atoms with van der Waals surface area (Å²) in [6.07, 6.45) is 15.1. The first kappa shape index (κ1) is 33.0. The maximum absolute atomic E-state index is 12.7. The van der Waals surface area contributed by atoms with E-state index in [1.54, 1.807) is 0 Å². The molecule has 8 fully saturated rings. The summed E-state index contributed by atoms with van der Waals surface area (Å²) in [6, 6.07) is 32.0. The second kappa shape index (κ2) is 12.1. The van der Waals surface area contributed by atoms with Gasteiger partial charge in [-0.3, -0.25) is 0 Å². The van der Waals surface area contributed by atoms with E-state index in [1.165, 1.54) is 88.2 Å². The molecule has 0 spiro atoms. The van der Waals surface area contributed by atoms with Crippen LogP contribution >= 0.6 is 0 Å². The molecule has 0 unspecified atom stereocenters. The maximum atomic E-state index is 12.7. The van der Waals surface area contributed by atoms with Gasteiger partial charge in [0.05, 0.1) is 11.4 Å². The van der Waals surface area contributed by atoms with Crippen LogP contribution in [0.4, 0.5) is 0 Å². The second-order valence-corrected chi connectivity index (χ2v) is 19.2. The Kier molecular flexibility index (Phi) is 7.37. The lowest BCUT2D eigenvalue weighted by Gasteiger charge is -2.57. The number of benzene rings is 4. The number of aryl methyl sites for hydroxylation is 2. The number of hydrogen-bond donors (Lipinski definition) is 2. The van der Waals surface area contributed by atoms with Crippen molar-refractivity contribution < 1.29 is 10.2 Å². The van der Waals surface area contributed by atoms with Gasteiger partial charge in [0.1, 0.15) is 11.5 Å². The van der Waals surface area contributed by atoms with Crippen LogP contribution in [-0.2, 0) is 10.8 Å². The Morgan fingerprint density at radius 2 is 0.796 bits per heavy atom. The fourth-order valence-electron chi connectivity index (χ4n) is 14.5. The van der Waals surface area contributed by atoms with Crippen molar-refractivity contribution in [3.05, 3.63) is 113 Å². The predicted octanol–water partition coefficient (Wildman–Crippen LogP) is 12.7. The molecule has 8 saturated carbocycles. The van der Waals surface area contributed by atoms with Gasteiger partial charge in [0.25, 0.3) is 0 Å². The number of hydrogen-bond acceptors (Lipinski definition) is 3. The van der Waals surface area contributed by atoms with Gasteiger partial charge in [-0.2, -0.15) is 0 Å². The molecule has 0 saturated heterocycles. The molecule has 274 valence electrons. The SMILES string of the molecule is Cc1cc(-c2ccccc2)c(O)c(C23CC4CC(CC(C4)C2)C3)c1-c1cccc(-c2c(C)cc(-c3ccccc3)c(O)c2C23CC4CC(CC(C4)C2)C3)n1. The Balaban J connectivity index is 1.13. The third-order valence-corrected chi connectivity index (χ3v) is 15.6. The third kappa shape index (κ3) is 5.02. The molecule has 54 heavy (non-hydrogen) atoms. The highest BCUT2D eigenvalue weighted by molar-refractivity contribution is 5.86. The van der Waals surface area contributed by atoms with Crippen LogP contribution in [0.5, 0.6) is 11.5 Å². The molecule has 3 heteroatoms. The summed E-state index contributed by atoms with van der Waals surface area (Å²) < 4.78 is 0. The van der Waals surface area contributed by atoms with Crippen LogP contribution in [0, 0.1) is 49.4 Å². The zero-order chi connectivity index (χ0) is 36.3. The number of aromatic hydroxyl groups is 2. The Morgan fingerprint density at radius 3 is 1.13 bits per heavy atom. The van der Waals surface area contributed by atoms with E-state index in [4.69, 9.17) is 4.98 Å². The van der Waals surface area contributed by atoms with Crippen LogP contribution in [0.2, 0.25) is 0 Å². The largest absolute Gasteiger partial charge is 0.507 e. The van der Waals surface area contributed by atoms with Crippen molar-refractivity contribution >= 4 is 0 Å². The highest BCUT2D eigenvalue weighted by Gasteiger charge is 2.55. The molecule has 8 aliphatic carbocycles. The molecule has 1 aromatic heterocycles. The zero-order valence-electron chi connectivity index (χ0n) is 32.0. The molecule has 1 heterocycles. The highest BCUT2D eigenvalue weighted by Crippen LogP contribution is 2.66. The third-order valence-electron chi connectivity index (χ3n) is 15.6. The summed E-state index contributed by atoms with van der Waals surface area (Å²) in [6.45, 7) is 4.48.